The predicted octanol–water partition coefficient (Wildman–Crippen LogP) is 2.82. The van der Waals surface area contributed by atoms with Crippen LogP contribution in [-0.2, 0) is 21.2 Å². The zero-order valence-electron chi connectivity index (χ0n) is 12.4. The smallest absolute Gasteiger partial charge is 0.159 e. The third-order valence-corrected chi connectivity index (χ3v) is 6.52. The summed E-state index contributed by atoms with van der Waals surface area (Å²) in [6.45, 7) is 10.7. The largest absolute Gasteiger partial charge is 0.385 e. The van der Waals surface area contributed by atoms with Crippen molar-refractivity contribution in [1.29, 1.82) is 0 Å². The van der Waals surface area contributed by atoms with Gasteiger partial charge < -0.3 is 5.11 Å². The van der Waals surface area contributed by atoms with E-state index in [9.17, 15) is 13.5 Å². The van der Waals surface area contributed by atoms with Gasteiger partial charge in [-0.2, -0.15) is 0 Å². The van der Waals surface area contributed by atoms with Crippen LogP contribution >= 0.6 is 11.3 Å². The van der Waals surface area contributed by atoms with Crippen molar-refractivity contribution in [2.75, 3.05) is 0 Å². The van der Waals surface area contributed by atoms with Gasteiger partial charge in [0.1, 0.15) is 10.8 Å². The molecule has 0 spiro atoms. The first kappa shape index (κ1) is 16.6. The van der Waals surface area contributed by atoms with Gasteiger partial charge >= 0.3 is 0 Å². The van der Waals surface area contributed by atoms with Crippen molar-refractivity contribution in [2.45, 2.75) is 64.1 Å². The number of hydrogen-bond acceptors (Lipinski definition) is 5. The van der Waals surface area contributed by atoms with E-state index in [1.165, 1.54) is 11.3 Å². The van der Waals surface area contributed by atoms with Gasteiger partial charge in [0, 0.05) is 0 Å². The van der Waals surface area contributed by atoms with Crippen molar-refractivity contribution in [3.05, 3.63) is 15.6 Å². The Kier molecular flexibility index (Phi) is 4.80. The number of hydrogen-bond donors (Lipinski definition) is 1. The highest BCUT2D eigenvalue weighted by Crippen LogP contribution is 2.34. The minimum atomic E-state index is -3.16. The molecule has 0 aliphatic heterocycles. The summed E-state index contributed by atoms with van der Waals surface area (Å²) in [5.41, 5.74) is -0.191. The quantitative estimate of drug-likeness (QED) is 0.908. The second-order valence-electron chi connectivity index (χ2n) is 5.89. The van der Waals surface area contributed by atoms with Gasteiger partial charge in [-0.15, -0.1) is 11.3 Å². The summed E-state index contributed by atoms with van der Waals surface area (Å²) in [5, 5.41) is 10.3. The molecule has 1 aromatic heterocycles. The average Bonchev–Trinajstić information content (AvgIpc) is 2.60. The maximum Gasteiger partial charge on any atom is 0.159 e. The first-order valence-electron chi connectivity index (χ1n) is 6.39. The topological polar surface area (TPSA) is 67.3 Å². The zero-order chi connectivity index (χ0) is 15.0. The Morgan fingerprint density at radius 3 is 2.11 bits per heavy atom. The summed E-state index contributed by atoms with van der Waals surface area (Å²) in [4.78, 5) is 5.18. The highest BCUT2D eigenvalue weighted by atomic mass is 32.2. The van der Waals surface area contributed by atoms with Crippen LogP contribution in [0.4, 0.5) is 0 Å². The molecule has 0 radical (unpaired) electrons. The molecule has 0 atom stereocenters. The number of aliphatic hydroxyl groups is 1. The minimum absolute atomic E-state index is 0.0505. The Labute approximate surface area is 119 Å². The molecule has 1 N–H and O–H groups in total. The fourth-order valence-electron chi connectivity index (χ4n) is 1.61. The van der Waals surface area contributed by atoms with Gasteiger partial charge in [0.2, 0.25) is 0 Å². The third-order valence-electron chi connectivity index (χ3n) is 2.84. The fourth-order valence-corrected chi connectivity index (χ4v) is 4.09. The molecule has 1 aromatic rings. The summed E-state index contributed by atoms with van der Waals surface area (Å²) in [6.07, 6.45) is 0. The van der Waals surface area contributed by atoms with E-state index in [-0.39, 0.29) is 11.7 Å². The van der Waals surface area contributed by atoms with Crippen LogP contribution in [0.2, 0.25) is 0 Å². The number of rotatable bonds is 5. The first-order valence-corrected chi connectivity index (χ1v) is 8.92. The molecule has 4 nitrogen and oxygen atoms in total. The van der Waals surface area contributed by atoms with E-state index in [1.807, 2.05) is 13.8 Å². The molecule has 0 fully saturated rings. The first-order chi connectivity index (χ1) is 8.45. The molecule has 0 aromatic carbocycles. The highest BCUT2D eigenvalue weighted by Gasteiger charge is 2.28. The van der Waals surface area contributed by atoms with Gasteiger partial charge in [0.25, 0.3) is 0 Å². The molecule has 6 heteroatoms. The zero-order valence-corrected chi connectivity index (χ0v) is 14.0. The van der Waals surface area contributed by atoms with Crippen molar-refractivity contribution in [3.8, 4) is 0 Å². The Bertz CT molecular complexity index is 537. The maximum atomic E-state index is 11.9. The fraction of sp³-hybridized carbons (Fsp3) is 0.769. The average molecular weight is 305 g/mol. The van der Waals surface area contributed by atoms with E-state index in [0.29, 0.717) is 5.01 Å². The van der Waals surface area contributed by atoms with Crippen LogP contribution in [0.15, 0.2) is 0 Å². The molecule has 0 aliphatic rings. The second kappa shape index (κ2) is 5.50. The lowest BCUT2D eigenvalue weighted by atomic mass is 10.0. The number of aromatic nitrogens is 1. The summed E-state index contributed by atoms with van der Waals surface area (Å²) < 4.78 is 23.9. The third kappa shape index (κ3) is 4.00. The van der Waals surface area contributed by atoms with Crippen LogP contribution in [0.3, 0.4) is 0 Å². The normalized spacial score (nSPS) is 13.5. The van der Waals surface area contributed by atoms with Crippen LogP contribution in [-0.4, -0.2) is 23.8 Å². The Balaban J connectivity index is 3.20. The Morgan fingerprint density at radius 1 is 1.26 bits per heavy atom. The van der Waals surface area contributed by atoms with Crippen LogP contribution < -0.4 is 0 Å². The van der Waals surface area contributed by atoms with E-state index in [4.69, 9.17) is 0 Å². The number of sulfone groups is 1. The monoisotopic (exact) mass is 305 g/mol. The van der Waals surface area contributed by atoms with Crippen LogP contribution in [0.25, 0.3) is 0 Å². The van der Waals surface area contributed by atoms with Crippen LogP contribution in [0.5, 0.6) is 0 Å². The van der Waals surface area contributed by atoms with Gasteiger partial charge in [-0.25, -0.2) is 13.4 Å². The molecule has 1 heterocycles. The summed E-state index contributed by atoms with van der Waals surface area (Å²) >= 11 is 1.30. The second-order valence-corrected chi connectivity index (χ2v) is 9.53. The van der Waals surface area contributed by atoms with Crippen molar-refractivity contribution in [3.63, 3.8) is 0 Å². The lowest BCUT2D eigenvalue weighted by Crippen LogP contribution is -2.16. The Hall–Kier alpha value is -0.460. The van der Waals surface area contributed by atoms with Crippen LogP contribution in [0, 0.1) is 0 Å². The Morgan fingerprint density at radius 2 is 1.79 bits per heavy atom. The van der Waals surface area contributed by atoms with E-state index < -0.39 is 20.7 Å². The van der Waals surface area contributed by atoms with E-state index in [0.717, 1.165) is 10.6 Å². The molecular formula is C13H23NO3S2. The minimum Gasteiger partial charge on any atom is -0.385 e. The molecule has 1 rings (SSSR count). The van der Waals surface area contributed by atoms with E-state index in [1.54, 1.807) is 27.7 Å². The number of thiazole rings is 1. The lowest BCUT2D eigenvalue weighted by molar-refractivity contribution is 0.0811. The summed E-state index contributed by atoms with van der Waals surface area (Å²) in [6, 6.07) is 0. The van der Waals surface area contributed by atoms with Crippen molar-refractivity contribution in [1.82, 2.24) is 4.98 Å². The van der Waals surface area contributed by atoms with Gasteiger partial charge in [-0.1, -0.05) is 13.8 Å². The maximum absolute atomic E-state index is 11.9. The molecule has 0 bridgehead atoms. The van der Waals surface area contributed by atoms with Crippen molar-refractivity contribution >= 4 is 21.2 Å². The lowest BCUT2D eigenvalue weighted by Gasteiger charge is -2.17. The SMILES string of the molecule is CC(C)c1nc(CS(=O)(=O)C(C)C)sc1C(C)(C)O. The molecule has 0 amide bonds. The predicted molar refractivity (Wildman–Crippen MR) is 79.2 cm³/mol. The van der Waals surface area contributed by atoms with Crippen molar-refractivity contribution in [2.24, 2.45) is 0 Å². The van der Waals surface area contributed by atoms with Gasteiger partial charge in [0.15, 0.2) is 9.84 Å². The molecule has 0 unspecified atom stereocenters. The number of nitrogens with zero attached hydrogens (tertiary/aromatic N) is 1. The molecule has 0 aliphatic carbocycles. The standard InChI is InChI=1S/C13H23NO3S2/c1-8(2)11-12(13(5,6)15)18-10(14-11)7-19(16,17)9(3)4/h8-9,15H,7H2,1-6H3. The van der Waals surface area contributed by atoms with Gasteiger partial charge in [-0.3, -0.25) is 0 Å². The molecule has 0 saturated heterocycles. The van der Waals surface area contributed by atoms with Crippen molar-refractivity contribution < 1.29 is 13.5 Å². The van der Waals surface area contributed by atoms with E-state index >= 15 is 0 Å². The van der Waals surface area contributed by atoms with Gasteiger partial charge in [-0.05, 0) is 33.6 Å². The molecule has 19 heavy (non-hydrogen) atoms. The van der Waals surface area contributed by atoms with Crippen LogP contribution in [0.1, 0.15) is 63.0 Å². The molecule has 110 valence electrons. The molecular weight excluding hydrogens is 282 g/mol. The summed E-state index contributed by atoms with van der Waals surface area (Å²) in [7, 11) is -3.16. The molecule has 0 saturated carbocycles. The van der Waals surface area contributed by atoms with Gasteiger partial charge in [0.05, 0.1) is 21.4 Å². The highest BCUT2D eigenvalue weighted by molar-refractivity contribution is 7.91. The van der Waals surface area contributed by atoms with E-state index in [2.05, 4.69) is 4.98 Å². The summed E-state index contributed by atoms with van der Waals surface area (Å²) in [5.74, 6) is 0.110.